The van der Waals surface area contributed by atoms with Crippen LogP contribution in [-0.2, 0) is 18.3 Å². The molecule has 0 aliphatic rings. The minimum Gasteiger partial charge on any atom is -0.440 e. The maximum absolute atomic E-state index is 11.9. The number of rotatable bonds is 4. The van der Waals surface area contributed by atoms with Gasteiger partial charge in [0.25, 0.3) is 0 Å². The topological polar surface area (TPSA) is 69.0 Å². The SMILES string of the molecule is Cn1cc(-c2ccc(CNC(=O)OCC(F)(F)F)cn2)cn1. The number of halogens is 3. The Labute approximate surface area is 123 Å². The van der Waals surface area contributed by atoms with Gasteiger partial charge in [0.2, 0.25) is 0 Å². The average Bonchev–Trinajstić information content (AvgIpc) is 2.89. The van der Waals surface area contributed by atoms with Crippen LogP contribution in [0.5, 0.6) is 0 Å². The number of carbonyl (C=O) groups is 1. The second-order valence-electron chi connectivity index (χ2n) is 4.50. The van der Waals surface area contributed by atoms with Crippen molar-refractivity contribution in [1.29, 1.82) is 0 Å². The summed E-state index contributed by atoms with van der Waals surface area (Å²) in [6, 6.07) is 3.44. The number of carbonyl (C=O) groups excluding carboxylic acids is 1. The molecule has 0 aliphatic heterocycles. The molecule has 2 heterocycles. The van der Waals surface area contributed by atoms with Crippen molar-refractivity contribution in [1.82, 2.24) is 20.1 Å². The number of alkyl carbamates (subject to hydrolysis) is 1. The van der Waals surface area contributed by atoms with E-state index in [0.717, 1.165) is 5.56 Å². The lowest BCUT2D eigenvalue weighted by Crippen LogP contribution is -2.28. The largest absolute Gasteiger partial charge is 0.440 e. The molecule has 0 spiro atoms. The summed E-state index contributed by atoms with van der Waals surface area (Å²) < 4.78 is 41.3. The number of pyridine rings is 1. The molecule has 2 rings (SSSR count). The lowest BCUT2D eigenvalue weighted by molar-refractivity contribution is -0.160. The molecule has 6 nitrogen and oxygen atoms in total. The van der Waals surface area contributed by atoms with Crippen molar-refractivity contribution < 1.29 is 22.7 Å². The van der Waals surface area contributed by atoms with Crippen molar-refractivity contribution in [3.05, 3.63) is 36.3 Å². The van der Waals surface area contributed by atoms with Gasteiger partial charge in [0, 0.05) is 31.5 Å². The Morgan fingerprint density at radius 1 is 1.36 bits per heavy atom. The minimum absolute atomic E-state index is 0.0248. The second kappa shape index (κ2) is 6.46. The molecule has 0 aromatic carbocycles. The summed E-state index contributed by atoms with van der Waals surface area (Å²) >= 11 is 0. The molecule has 0 bridgehead atoms. The van der Waals surface area contributed by atoms with Gasteiger partial charge in [-0.15, -0.1) is 0 Å². The first kappa shape index (κ1) is 15.8. The number of hydrogen-bond donors (Lipinski definition) is 1. The van der Waals surface area contributed by atoms with Crippen LogP contribution in [0.15, 0.2) is 30.7 Å². The first-order valence-corrected chi connectivity index (χ1v) is 6.25. The molecule has 0 unspecified atom stereocenters. The van der Waals surface area contributed by atoms with Crippen LogP contribution < -0.4 is 5.32 Å². The summed E-state index contributed by atoms with van der Waals surface area (Å²) in [5.74, 6) is 0. The second-order valence-corrected chi connectivity index (χ2v) is 4.50. The van der Waals surface area contributed by atoms with E-state index in [1.54, 1.807) is 36.3 Å². The molecular weight excluding hydrogens is 301 g/mol. The van der Waals surface area contributed by atoms with Crippen LogP contribution in [0.2, 0.25) is 0 Å². The molecule has 118 valence electrons. The van der Waals surface area contributed by atoms with Crippen LogP contribution >= 0.6 is 0 Å². The Hall–Kier alpha value is -2.58. The molecule has 1 N–H and O–H groups in total. The van der Waals surface area contributed by atoms with Crippen molar-refractivity contribution in [3.63, 3.8) is 0 Å². The molecule has 1 amide bonds. The Kier molecular flexibility index (Phi) is 4.64. The fourth-order valence-electron chi connectivity index (χ4n) is 1.63. The predicted molar refractivity (Wildman–Crippen MR) is 70.7 cm³/mol. The molecule has 0 atom stereocenters. The van der Waals surface area contributed by atoms with E-state index in [9.17, 15) is 18.0 Å². The highest BCUT2D eigenvalue weighted by Gasteiger charge is 2.29. The number of nitrogens with zero attached hydrogens (tertiary/aromatic N) is 3. The van der Waals surface area contributed by atoms with Crippen LogP contribution in [0.3, 0.4) is 0 Å². The molecular formula is C13H13F3N4O2. The third-order valence-corrected chi connectivity index (χ3v) is 2.63. The minimum atomic E-state index is -4.54. The van der Waals surface area contributed by atoms with Crippen LogP contribution in [0.4, 0.5) is 18.0 Å². The molecule has 0 saturated carbocycles. The molecule has 0 radical (unpaired) electrons. The van der Waals surface area contributed by atoms with Crippen molar-refractivity contribution in [2.75, 3.05) is 6.61 Å². The maximum Gasteiger partial charge on any atom is 0.422 e. The number of amides is 1. The number of ether oxygens (including phenoxy) is 1. The number of aryl methyl sites for hydroxylation is 1. The first-order chi connectivity index (χ1) is 10.3. The third-order valence-electron chi connectivity index (χ3n) is 2.63. The fourth-order valence-corrected chi connectivity index (χ4v) is 1.63. The van der Waals surface area contributed by atoms with Crippen molar-refractivity contribution in [2.45, 2.75) is 12.7 Å². The van der Waals surface area contributed by atoms with Crippen LogP contribution in [-0.4, -0.2) is 33.6 Å². The average molecular weight is 314 g/mol. The first-order valence-electron chi connectivity index (χ1n) is 6.25. The summed E-state index contributed by atoms with van der Waals surface area (Å²) in [7, 11) is 1.79. The predicted octanol–water partition coefficient (Wildman–Crippen LogP) is 2.27. The Balaban J connectivity index is 1.85. The smallest absolute Gasteiger partial charge is 0.422 e. The van der Waals surface area contributed by atoms with Gasteiger partial charge in [-0.1, -0.05) is 6.07 Å². The van der Waals surface area contributed by atoms with E-state index in [0.29, 0.717) is 11.3 Å². The summed E-state index contributed by atoms with van der Waals surface area (Å²) in [6.07, 6.45) is -0.686. The lowest BCUT2D eigenvalue weighted by atomic mass is 10.2. The van der Waals surface area contributed by atoms with Gasteiger partial charge in [0.1, 0.15) is 0 Å². The number of hydrogen-bond acceptors (Lipinski definition) is 4. The normalized spacial score (nSPS) is 11.3. The fraction of sp³-hybridized carbons (Fsp3) is 0.308. The molecule has 0 aliphatic carbocycles. The Morgan fingerprint density at radius 2 is 2.14 bits per heavy atom. The summed E-state index contributed by atoms with van der Waals surface area (Å²) in [5.41, 5.74) is 2.18. The summed E-state index contributed by atoms with van der Waals surface area (Å²) in [5, 5.41) is 6.24. The zero-order valence-corrected chi connectivity index (χ0v) is 11.6. The monoisotopic (exact) mass is 314 g/mol. The Bertz CT molecular complexity index is 637. The van der Waals surface area contributed by atoms with E-state index in [2.05, 4.69) is 20.1 Å². The quantitative estimate of drug-likeness (QED) is 0.940. The number of aromatic nitrogens is 3. The maximum atomic E-state index is 11.9. The van der Waals surface area contributed by atoms with Crippen LogP contribution in [0, 0.1) is 0 Å². The molecule has 2 aromatic rings. The van der Waals surface area contributed by atoms with Gasteiger partial charge < -0.3 is 10.1 Å². The summed E-state index contributed by atoms with van der Waals surface area (Å²) in [4.78, 5) is 15.3. The van der Waals surface area contributed by atoms with Gasteiger partial charge in [-0.05, 0) is 11.6 Å². The highest BCUT2D eigenvalue weighted by atomic mass is 19.4. The van der Waals surface area contributed by atoms with Crippen LogP contribution in [0.25, 0.3) is 11.3 Å². The van der Waals surface area contributed by atoms with Gasteiger partial charge in [-0.25, -0.2) is 4.79 Å². The van der Waals surface area contributed by atoms with E-state index < -0.39 is 18.9 Å². The van der Waals surface area contributed by atoms with Gasteiger partial charge >= 0.3 is 12.3 Å². The molecule has 9 heteroatoms. The molecule has 0 saturated heterocycles. The van der Waals surface area contributed by atoms with E-state index in [1.807, 2.05) is 0 Å². The van der Waals surface area contributed by atoms with Crippen LogP contribution in [0.1, 0.15) is 5.56 Å². The van der Waals surface area contributed by atoms with Crippen molar-refractivity contribution in [3.8, 4) is 11.3 Å². The highest BCUT2D eigenvalue weighted by molar-refractivity contribution is 5.67. The van der Waals surface area contributed by atoms with E-state index >= 15 is 0 Å². The molecule has 0 fully saturated rings. The number of alkyl halides is 3. The van der Waals surface area contributed by atoms with E-state index in [4.69, 9.17) is 0 Å². The molecule has 22 heavy (non-hydrogen) atoms. The van der Waals surface area contributed by atoms with Gasteiger partial charge in [-0.3, -0.25) is 9.67 Å². The zero-order valence-electron chi connectivity index (χ0n) is 11.6. The highest BCUT2D eigenvalue weighted by Crippen LogP contribution is 2.16. The number of nitrogens with one attached hydrogen (secondary N) is 1. The molecule has 2 aromatic heterocycles. The standard InChI is InChI=1S/C13H13F3N4O2/c1-20-7-10(6-19-20)11-3-2-9(4-17-11)5-18-12(21)22-8-13(14,15)16/h2-4,6-7H,5,8H2,1H3,(H,18,21). The van der Waals surface area contributed by atoms with Crippen molar-refractivity contribution >= 4 is 6.09 Å². The summed E-state index contributed by atoms with van der Waals surface area (Å²) in [6.45, 7) is -1.59. The lowest BCUT2D eigenvalue weighted by Gasteiger charge is -2.09. The van der Waals surface area contributed by atoms with Gasteiger partial charge in [0.05, 0.1) is 11.9 Å². The van der Waals surface area contributed by atoms with E-state index in [1.165, 1.54) is 6.20 Å². The van der Waals surface area contributed by atoms with E-state index in [-0.39, 0.29) is 6.54 Å². The van der Waals surface area contributed by atoms with Gasteiger partial charge in [-0.2, -0.15) is 18.3 Å². The third kappa shape index (κ3) is 4.76. The Morgan fingerprint density at radius 3 is 2.68 bits per heavy atom. The van der Waals surface area contributed by atoms with Crippen molar-refractivity contribution in [2.24, 2.45) is 7.05 Å². The zero-order chi connectivity index (χ0) is 16.2. The van der Waals surface area contributed by atoms with Gasteiger partial charge in [0.15, 0.2) is 6.61 Å².